The average Bonchev–Trinajstić information content (AvgIpc) is 2.30. The topological polar surface area (TPSA) is 12.0 Å². The summed E-state index contributed by atoms with van der Waals surface area (Å²) in [6.45, 7) is 3.47. The molecule has 2 atom stereocenters. The minimum absolute atomic E-state index is 0.466. The predicted octanol–water partition coefficient (Wildman–Crippen LogP) is 3.75. The number of halogens is 3. The average molecular weight is 245 g/mol. The lowest BCUT2D eigenvalue weighted by Crippen LogP contribution is -2.41. The van der Waals surface area contributed by atoms with Gasteiger partial charge in [-0.25, -0.2) is 0 Å². The Morgan fingerprint density at radius 2 is 1.76 bits per heavy atom. The molecule has 0 aliphatic heterocycles. The quantitative estimate of drug-likeness (QED) is 0.833. The van der Waals surface area contributed by atoms with Crippen molar-refractivity contribution in [3.63, 3.8) is 0 Å². The minimum atomic E-state index is -4.13. The highest BCUT2D eigenvalue weighted by Gasteiger charge is 2.40. The van der Waals surface area contributed by atoms with E-state index in [0.717, 1.165) is 5.56 Å². The van der Waals surface area contributed by atoms with Crippen LogP contribution in [-0.2, 0) is 6.54 Å². The highest BCUT2D eigenvalue weighted by Crippen LogP contribution is 2.29. The highest BCUT2D eigenvalue weighted by atomic mass is 19.4. The molecule has 0 radical (unpaired) electrons. The summed E-state index contributed by atoms with van der Waals surface area (Å²) >= 11 is 0. The number of hydrogen-bond acceptors (Lipinski definition) is 1. The van der Waals surface area contributed by atoms with E-state index in [0.29, 0.717) is 13.0 Å². The monoisotopic (exact) mass is 245 g/mol. The predicted molar refractivity (Wildman–Crippen MR) is 62.6 cm³/mol. The van der Waals surface area contributed by atoms with Crippen molar-refractivity contribution < 1.29 is 13.2 Å². The van der Waals surface area contributed by atoms with Crippen molar-refractivity contribution >= 4 is 0 Å². The second-order valence-electron chi connectivity index (χ2n) is 4.21. The Bertz CT molecular complexity index is 321. The molecule has 4 heteroatoms. The zero-order valence-electron chi connectivity index (χ0n) is 10.1. The van der Waals surface area contributed by atoms with Gasteiger partial charge in [0.25, 0.3) is 0 Å². The van der Waals surface area contributed by atoms with Crippen molar-refractivity contribution in [1.29, 1.82) is 0 Å². The Hall–Kier alpha value is -1.03. The Morgan fingerprint density at radius 3 is 2.24 bits per heavy atom. The van der Waals surface area contributed by atoms with Crippen molar-refractivity contribution in [2.75, 3.05) is 0 Å². The van der Waals surface area contributed by atoms with Crippen molar-refractivity contribution in [1.82, 2.24) is 5.32 Å². The summed E-state index contributed by atoms with van der Waals surface area (Å²) in [6, 6.07) is 8.92. The molecular formula is C13H18F3N. The molecule has 0 saturated heterocycles. The summed E-state index contributed by atoms with van der Waals surface area (Å²) in [5.41, 5.74) is 1.00. The van der Waals surface area contributed by atoms with Gasteiger partial charge < -0.3 is 5.32 Å². The lowest BCUT2D eigenvalue weighted by Gasteiger charge is -2.26. The second-order valence-corrected chi connectivity index (χ2v) is 4.21. The molecule has 1 aromatic rings. The molecule has 0 bridgehead atoms. The number of rotatable bonds is 5. The molecule has 0 spiro atoms. The first-order valence-corrected chi connectivity index (χ1v) is 5.79. The van der Waals surface area contributed by atoms with Crippen molar-refractivity contribution in [3.05, 3.63) is 35.9 Å². The molecule has 0 aliphatic rings. The Balaban J connectivity index is 2.54. The van der Waals surface area contributed by atoms with Gasteiger partial charge in [0, 0.05) is 12.6 Å². The van der Waals surface area contributed by atoms with Gasteiger partial charge in [-0.3, -0.25) is 0 Å². The van der Waals surface area contributed by atoms with E-state index in [1.165, 1.54) is 6.92 Å². The molecule has 2 unspecified atom stereocenters. The zero-order chi connectivity index (χ0) is 12.9. The lowest BCUT2D eigenvalue weighted by atomic mass is 9.98. The van der Waals surface area contributed by atoms with Crippen LogP contribution in [0.5, 0.6) is 0 Å². The number of nitrogens with one attached hydrogen (secondary N) is 1. The third-order valence-electron chi connectivity index (χ3n) is 2.97. The van der Waals surface area contributed by atoms with Crippen LogP contribution in [0.1, 0.15) is 25.8 Å². The van der Waals surface area contributed by atoms with E-state index in [9.17, 15) is 13.2 Å². The maximum absolute atomic E-state index is 12.6. The summed E-state index contributed by atoms with van der Waals surface area (Å²) in [4.78, 5) is 0. The van der Waals surface area contributed by atoms with Crippen molar-refractivity contribution in [3.8, 4) is 0 Å². The van der Waals surface area contributed by atoms with Gasteiger partial charge >= 0.3 is 6.18 Å². The first-order chi connectivity index (χ1) is 7.95. The normalized spacial score (nSPS) is 15.6. The summed E-state index contributed by atoms with van der Waals surface area (Å²) in [5.74, 6) is -1.32. The fourth-order valence-corrected chi connectivity index (χ4v) is 1.75. The largest absolute Gasteiger partial charge is 0.393 e. The van der Waals surface area contributed by atoms with Gasteiger partial charge in [-0.2, -0.15) is 13.2 Å². The van der Waals surface area contributed by atoms with Crippen LogP contribution in [0.4, 0.5) is 13.2 Å². The summed E-state index contributed by atoms with van der Waals surface area (Å²) in [6.07, 6.45) is -3.67. The molecule has 1 aromatic carbocycles. The van der Waals surface area contributed by atoms with E-state index < -0.39 is 18.1 Å². The second kappa shape index (κ2) is 6.05. The Morgan fingerprint density at radius 1 is 1.18 bits per heavy atom. The van der Waals surface area contributed by atoms with Gasteiger partial charge in [0.05, 0.1) is 5.92 Å². The van der Waals surface area contributed by atoms with Gasteiger partial charge in [0.2, 0.25) is 0 Å². The Labute approximate surface area is 100 Å². The summed E-state index contributed by atoms with van der Waals surface area (Å²) < 4.78 is 37.7. The molecule has 1 N–H and O–H groups in total. The smallest absolute Gasteiger partial charge is 0.309 e. The molecule has 17 heavy (non-hydrogen) atoms. The Kier molecular flexibility index (Phi) is 5.00. The summed E-state index contributed by atoms with van der Waals surface area (Å²) in [7, 11) is 0. The van der Waals surface area contributed by atoms with Gasteiger partial charge in [-0.15, -0.1) is 0 Å². The molecule has 0 fully saturated rings. The van der Waals surface area contributed by atoms with Crippen LogP contribution in [0.25, 0.3) is 0 Å². The van der Waals surface area contributed by atoms with E-state index in [1.54, 1.807) is 6.92 Å². The third-order valence-corrected chi connectivity index (χ3v) is 2.97. The van der Waals surface area contributed by atoms with E-state index in [4.69, 9.17) is 0 Å². The molecule has 0 aliphatic carbocycles. The first-order valence-electron chi connectivity index (χ1n) is 5.79. The van der Waals surface area contributed by atoms with Crippen molar-refractivity contribution in [2.24, 2.45) is 5.92 Å². The molecule has 1 rings (SSSR count). The molecular weight excluding hydrogens is 227 g/mol. The third kappa shape index (κ3) is 4.38. The SMILES string of the molecule is CCC(NCc1ccccc1)C(C)C(F)(F)F. The van der Waals surface area contributed by atoms with Crippen molar-refractivity contribution in [2.45, 2.75) is 39.0 Å². The van der Waals surface area contributed by atoms with Gasteiger partial charge in [-0.1, -0.05) is 44.2 Å². The van der Waals surface area contributed by atoms with E-state index in [-0.39, 0.29) is 0 Å². The van der Waals surface area contributed by atoms with Crippen LogP contribution < -0.4 is 5.32 Å². The van der Waals surface area contributed by atoms with Crippen LogP contribution >= 0.6 is 0 Å². The molecule has 1 nitrogen and oxygen atoms in total. The minimum Gasteiger partial charge on any atom is -0.309 e. The molecule has 0 heterocycles. The number of hydrogen-bond donors (Lipinski definition) is 1. The first kappa shape index (κ1) is 14.0. The van der Waals surface area contributed by atoms with E-state index >= 15 is 0 Å². The van der Waals surface area contributed by atoms with Gasteiger partial charge in [-0.05, 0) is 12.0 Å². The van der Waals surface area contributed by atoms with Crippen LogP contribution in [0, 0.1) is 5.92 Å². The molecule has 0 amide bonds. The van der Waals surface area contributed by atoms with Crippen LogP contribution in [0.15, 0.2) is 30.3 Å². The van der Waals surface area contributed by atoms with E-state index in [1.807, 2.05) is 30.3 Å². The van der Waals surface area contributed by atoms with Gasteiger partial charge in [0.1, 0.15) is 0 Å². The number of benzene rings is 1. The fourth-order valence-electron chi connectivity index (χ4n) is 1.75. The highest BCUT2D eigenvalue weighted by molar-refractivity contribution is 5.14. The van der Waals surface area contributed by atoms with E-state index in [2.05, 4.69) is 5.32 Å². The zero-order valence-corrected chi connectivity index (χ0v) is 10.1. The number of alkyl halides is 3. The molecule has 0 saturated carbocycles. The maximum atomic E-state index is 12.6. The summed E-state index contributed by atoms with van der Waals surface area (Å²) in [5, 5.41) is 2.97. The fraction of sp³-hybridized carbons (Fsp3) is 0.538. The van der Waals surface area contributed by atoms with Crippen LogP contribution in [-0.4, -0.2) is 12.2 Å². The van der Waals surface area contributed by atoms with Gasteiger partial charge in [0.15, 0.2) is 0 Å². The maximum Gasteiger partial charge on any atom is 0.393 e. The van der Waals surface area contributed by atoms with Crippen LogP contribution in [0.3, 0.4) is 0 Å². The van der Waals surface area contributed by atoms with Crippen LogP contribution in [0.2, 0.25) is 0 Å². The standard InChI is InChI=1S/C13H18F3N/c1-3-12(10(2)13(14,15)16)17-9-11-7-5-4-6-8-11/h4-8,10,12,17H,3,9H2,1-2H3. The molecule has 96 valence electrons. The molecule has 0 aromatic heterocycles. The lowest BCUT2D eigenvalue weighted by molar-refractivity contribution is -0.177.